The number of furan rings is 1. The zero-order valence-electron chi connectivity index (χ0n) is 17.6. The summed E-state index contributed by atoms with van der Waals surface area (Å²) in [5.41, 5.74) is 2.70. The average molecular weight is 537 g/mol. The maximum absolute atomic E-state index is 12.0. The van der Waals surface area contributed by atoms with Gasteiger partial charge in [0.1, 0.15) is 11.5 Å². The maximum Gasteiger partial charge on any atom is 0.329 e. The highest BCUT2D eigenvalue weighted by atomic mass is 35.5. The first-order valence-corrected chi connectivity index (χ1v) is 10.9. The Labute approximate surface area is 213 Å². The number of nitrogens with zero attached hydrogens (tertiary/aromatic N) is 1. The fraction of sp³-hybridized carbons (Fsp3) is 0.0455. The van der Waals surface area contributed by atoms with Crippen LogP contribution in [0, 0.1) is 0 Å². The number of carbonyl (C=O) groups excluding carboxylic acids is 4. The zero-order valence-corrected chi connectivity index (χ0v) is 19.9. The highest BCUT2D eigenvalue weighted by molar-refractivity contribution is 6.43. The molecule has 0 saturated carbocycles. The van der Waals surface area contributed by atoms with Crippen LogP contribution in [0.3, 0.4) is 0 Å². The fourth-order valence-corrected chi connectivity index (χ4v) is 3.02. The van der Waals surface area contributed by atoms with Crippen LogP contribution in [0.2, 0.25) is 15.1 Å². The molecule has 0 unspecified atom stereocenters. The molecule has 0 atom stereocenters. The summed E-state index contributed by atoms with van der Waals surface area (Å²) in [4.78, 5) is 47.7. The summed E-state index contributed by atoms with van der Waals surface area (Å²) in [7, 11) is 0. The zero-order chi connectivity index (χ0) is 25.4. The van der Waals surface area contributed by atoms with Crippen LogP contribution in [-0.2, 0) is 25.7 Å². The molecule has 180 valence electrons. The van der Waals surface area contributed by atoms with E-state index < -0.39 is 23.6 Å². The topological polar surface area (TPSA) is 142 Å². The van der Waals surface area contributed by atoms with E-state index in [-0.39, 0.29) is 23.0 Å². The third kappa shape index (κ3) is 7.85. The van der Waals surface area contributed by atoms with Crippen LogP contribution >= 0.6 is 34.8 Å². The maximum atomic E-state index is 12.0. The summed E-state index contributed by atoms with van der Waals surface area (Å²) in [6.07, 6.45) is 1.15. The van der Waals surface area contributed by atoms with E-state index in [0.29, 0.717) is 21.5 Å². The number of hydrogen-bond donors (Lipinski definition) is 4. The normalized spacial score (nSPS) is 10.6. The summed E-state index contributed by atoms with van der Waals surface area (Å²) in [6.45, 7) is -0.0753. The molecule has 3 aromatic rings. The average Bonchev–Trinajstić information content (AvgIpc) is 3.27. The summed E-state index contributed by atoms with van der Waals surface area (Å²) < 4.78 is 5.42. The molecule has 3 rings (SSSR count). The molecular weight excluding hydrogens is 521 g/mol. The number of carbonyl (C=O) groups is 4. The van der Waals surface area contributed by atoms with Gasteiger partial charge in [0, 0.05) is 16.4 Å². The van der Waals surface area contributed by atoms with Crippen molar-refractivity contribution in [3.63, 3.8) is 0 Å². The molecule has 0 aliphatic heterocycles. The van der Waals surface area contributed by atoms with E-state index in [0.717, 1.165) is 6.21 Å². The monoisotopic (exact) mass is 535 g/mol. The van der Waals surface area contributed by atoms with Gasteiger partial charge in [-0.3, -0.25) is 19.2 Å². The Morgan fingerprint density at radius 1 is 0.800 bits per heavy atom. The number of hydrogen-bond acceptors (Lipinski definition) is 6. The van der Waals surface area contributed by atoms with Gasteiger partial charge >= 0.3 is 23.6 Å². The second kappa shape index (κ2) is 12.0. The summed E-state index contributed by atoms with van der Waals surface area (Å²) in [6, 6.07) is 13.7. The Bertz CT molecular complexity index is 1310. The third-order valence-corrected chi connectivity index (χ3v) is 5.11. The van der Waals surface area contributed by atoms with E-state index in [2.05, 4.69) is 21.1 Å². The summed E-state index contributed by atoms with van der Waals surface area (Å²) >= 11 is 17.5. The first kappa shape index (κ1) is 25.8. The van der Waals surface area contributed by atoms with E-state index in [9.17, 15) is 19.2 Å². The van der Waals surface area contributed by atoms with Crippen molar-refractivity contribution >= 4 is 76.0 Å². The highest BCUT2D eigenvalue weighted by Crippen LogP contribution is 2.24. The molecule has 0 radical (unpaired) electrons. The third-order valence-electron chi connectivity index (χ3n) is 4.14. The molecule has 0 saturated heterocycles. The Kier molecular flexibility index (Phi) is 8.85. The molecule has 2 aromatic carbocycles. The van der Waals surface area contributed by atoms with Crippen molar-refractivity contribution in [1.29, 1.82) is 0 Å². The van der Waals surface area contributed by atoms with Crippen molar-refractivity contribution in [2.45, 2.75) is 6.54 Å². The van der Waals surface area contributed by atoms with Gasteiger partial charge in [-0.05, 0) is 48.5 Å². The van der Waals surface area contributed by atoms with Gasteiger partial charge in [0.15, 0.2) is 0 Å². The molecule has 10 nitrogen and oxygen atoms in total. The van der Waals surface area contributed by atoms with Crippen molar-refractivity contribution < 1.29 is 23.6 Å². The molecule has 0 aliphatic rings. The van der Waals surface area contributed by atoms with Gasteiger partial charge in [-0.25, -0.2) is 5.43 Å². The van der Waals surface area contributed by atoms with E-state index in [1.807, 2.05) is 5.43 Å². The SMILES string of the molecule is O=C(NCc1ccc(/C=N/NC(=O)C(=O)Nc2ccc(Cl)c(Cl)c2)o1)C(=O)Nc1cccc(Cl)c1. The lowest BCUT2D eigenvalue weighted by molar-refractivity contribution is -0.136. The van der Waals surface area contributed by atoms with Gasteiger partial charge in [0.2, 0.25) is 0 Å². The van der Waals surface area contributed by atoms with Crippen LogP contribution in [0.4, 0.5) is 11.4 Å². The second-order valence-electron chi connectivity index (χ2n) is 6.73. The van der Waals surface area contributed by atoms with Crippen molar-refractivity contribution in [3.8, 4) is 0 Å². The Morgan fingerprint density at radius 2 is 1.51 bits per heavy atom. The van der Waals surface area contributed by atoms with Crippen molar-refractivity contribution in [3.05, 3.63) is 81.2 Å². The Morgan fingerprint density at radius 3 is 2.23 bits per heavy atom. The Balaban J connectivity index is 1.44. The van der Waals surface area contributed by atoms with Crippen LogP contribution in [0.1, 0.15) is 11.5 Å². The predicted octanol–water partition coefficient (Wildman–Crippen LogP) is 3.58. The second-order valence-corrected chi connectivity index (χ2v) is 7.98. The summed E-state index contributed by atoms with van der Waals surface area (Å²) in [5, 5.41) is 11.7. The minimum atomic E-state index is -1.03. The van der Waals surface area contributed by atoms with Gasteiger partial charge in [0.05, 0.1) is 22.8 Å². The molecule has 4 N–H and O–H groups in total. The minimum Gasteiger partial charge on any atom is -0.458 e. The lowest BCUT2D eigenvalue weighted by Gasteiger charge is -2.05. The van der Waals surface area contributed by atoms with E-state index >= 15 is 0 Å². The first-order chi connectivity index (χ1) is 16.7. The number of benzene rings is 2. The van der Waals surface area contributed by atoms with E-state index in [1.165, 1.54) is 36.4 Å². The lowest BCUT2D eigenvalue weighted by Crippen LogP contribution is -2.34. The molecular formula is C22H16Cl3N5O5. The quantitative estimate of drug-likeness (QED) is 0.216. The largest absolute Gasteiger partial charge is 0.458 e. The molecule has 1 heterocycles. The highest BCUT2D eigenvalue weighted by Gasteiger charge is 2.15. The molecule has 13 heteroatoms. The number of nitrogens with one attached hydrogen (secondary N) is 4. The van der Waals surface area contributed by atoms with Gasteiger partial charge in [-0.2, -0.15) is 5.10 Å². The minimum absolute atomic E-state index is 0.0753. The molecule has 0 spiro atoms. The number of amides is 4. The standard InChI is InChI=1S/C22H16Cl3N5O5/c23-12-2-1-3-13(8-12)28-20(32)19(31)26-10-15-5-6-16(35-15)11-27-30-22(34)21(33)29-14-4-7-17(24)18(25)9-14/h1-9,11H,10H2,(H,26,31)(H,28,32)(H,29,33)(H,30,34)/b27-11+. The number of rotatable bonds is 6. The van der Waals surface area contributed by atoms with Gasteiger partial charge < -0.3 is 20.4 Å². The molecule has 0 aliphatic carbocycles. The van der Waals surface area contributed by atoms with Crippen LogP contribution in [0.5, 0.6) is 0 Å². The van der Waals surface area contributed by atoms with Crippen LogP contribution in [0.15, 0.2) is 64.1 Å². The van der Waals surface area contributed by atoms with Crippen molar-refractivity contribution in [2.24, 2.45) is 5.10 Å². The first-order valence-electron chi connectivity index (χ1n) is 9.74. The number of anilines is 2. The molecule has 0 bridgehead atoms. The molecule has 35 heavy (non-hydrogen) atoms. The molecule has 0 fully saturated rings. The van der Waals surface area contributed by atoms with E-state index in [4.69, 9.17) is 39.2 Å². The van der Waals surface area contributed by atoms with Gasteiger partial charge in [-0.1, -0.05) is 40.9 Å². The summed E-state index contributed by atoms with van der Waals surface area (Å²) in [5.74, 6) is -3.21. The smallest absolute Gasteiger partial charge is 0.329 e. The van der Waals surface area contributed by atoms with Crippen molar-refractivity contribution in [1.82, 2.24) is 10.7 Å². The van der Waals surface area contributed by atoms with Gasteiger partial charge in [0.25, 0.3) is 0 Å². The lowest BCUT2D eigenvalue weighted by atomic mass is 10.3. The Hall–Kier alpha value is -3.86. The van der Waals surface area contributed by atoms with E-state index in [1.54, 1.807) is 18.2 Å². The van der Waals surface area contributed by atoms with Gasteiger partial charge in [-0.15, -0.1) is 0 Å². The predicted molar refractivity (Wildman–Crippen MR) is 131 cm³/mol. The fourth-order valence-electron chi connectivity index (χ4n) is 2.53. The number of halogens is 3. The molecule has 4 amide bonds. The number of hydrazone groups is 1. The van der Waals surface area contributed by atoms with Crippen molar-refractivity contribution in [2.75, 3.05) is 10.6 Å². The van der Waals surface area contributed by atoms with Crippen LogP contribution in [-0.4, -0.2) is 29.8 Å². The molecule has 1 aromatic heterocycles. The van der Waals surface area contributed by atoms with Crippen LogP contribution < -0.4 is 21.4 Å². The van der Waals surface area contributed by atoms with Crippen LogP contribution in [0.25, 0.3) is 0 Å².